The van der Waals surface area contributed by atoms with Crippen LogP contribution in [0, 0.1) is 11.8 Å². The number of aliphatic hydroxyl groups excluding tert-OH is 1. The molecule has 22 heavy (non-hydrogen) atoms. The largest absolute Gasteiger partial charge is 0.493 e. The van der Waals surface area contributed by atoms with E-state index in [9.17, 15) is 14.7 Å². The van der Waals surface area contributed by atoms with E-state index in [1.807, 2.05) is 13.8 Å². The summed E-state index contributed by atoms with van der Waals surface area (Å²) in [6, 6.07) is 4.64. The first-order valence-electron chi connectivity index (χ1n) is 7.42. The van der Waals surface area contributed by atoms with Crippen molar-refractivity contribution in [2.75, 3.05) is 7.11 Å². The van der Waals surface area contributed by atoms with Crippen LogP contribution in [0.2, 0.25) is 0 Å². The molecule has 0 bridgehead atoms. The molecule has 0 aromatic heterocycles. The van der Waals surface area contributed by atoms with Crippen LogP contribution in [0.15, 0.2) is 18.2 Å². The van der Waals surface area contributed by atoms with Crippen LogP contribution < -0.4 is 9.47 Å². The Kier molecular flexibility index (Phi) is 7.05. The molecule has 1 N–H and O–H groups in total. The molecule has 5 heteroatoms. The minimum atomic E-state index is -0.449. The Balaban J connectivity index is 2.86. The van der Waals surface area contributed by atoms with E-state index < -0.39 is 6.10 Å². The molecule has 2 unspecified atom stereocenters. The van der Waals surface area contributed by atoms with Crippen molar-refractivity contribution in [2.24, 2.45) is 11.8 Å². The molecular weight excluding hydrogens is 284 g/mol. The first kappa shape index (κ1) is 18.2. The van der Waals surface area contributed by atoms with E-state index in [1.54, 1.807) is 19.1 Å². The topological polar surface area (TPSA) is 72.8 Å². The van der Waals surface area contributed by atoms with Crippen LogP contribution in [-0.4, -0.2) is 30.6 Å². The molecule has 0 spiro atoms. The van der Waals surface area contributed by atoms with Gasteiger partial charge in [0.1, 0.15) is 6.29 Å². The molecular formula is C17H24O5. The number of methoxy groups -OCH3 is 1. The van der Waals surface area contributed by atoms with Gasteiger partial charge in [-0.3, -0.25) is 9.59 Å². The average Bonchev–Trinajstić information content (AvgIpc) is 2.47. The summed E-state index contributed by atoms with van der Waals surface area (Å²) >= 11 is 0. The third kappa shape index (κ3) is 5.15. The Bertz CT molecular complexity index is 508. The Morgan fingerprint density at radius 3 is 2.41 bits per heavy atom. The highest BCUT2D eigenvalue weighted by Gasteiger charge is 2.25. The Labute approximate surface area is 131 Å². The first-order valence-corrected chi connectivity index (χ1v) is 7.42. The molecule has 1 aromatic carbocycles. The van der Waals surface area contributed by atoms with Crippen molar-refractivity contribution in [3.8, 4) is 11.5 Å². The maximum Gasteiger partial charge on any atom is 0.314 e. The number of aldehydes is 1. The SMILES string of the molecule is COc1cc(C=O)ccc1OC(=O)C(CCC(C)O)C(C)C. The molecule has 0 radical (unpaired) electrons. The lowest BCUT2D eigenvalue weighted by Gasteiger charge is -2.20. The van der Waals surface area contributed by atoms with Crippen molar-refractivity contribution in [2.45, 2.75) is 39.7 Å². The van der Waals surface area contributed by atoms with Gasteiger partial charge in [0.15, 0.2) is 11.5 Å². The summed E-state index contributed by atoms with van der Waals surface area (Å²) in [4.78, 5) is 23.1. The van der Waals surface area contributed by atoms with E-state index in [-0.39, 0.29) is 17.8 Å². The van der Waals surface area contributed by atoms with Crippen LogP contribution in [0.1, 0.15) is 44.0 Å². The molecule has 1 aromatic rings. The third-order valence-electron chi connectivity index (χ3n) is 3.54. The second kappa shape index (κ2) is 8.54. The van der Waals surface area contributed by atoms with Gasteiger partial charge in [-0.25, -0.2) is 0 Å². The number of esters is 1. The highest BCUT2D eigenvalue weighted by Crippen LogP contribution is 2.30. The van der Waals surface area contributed by atoms with E-state index in [1.165, 1.54) is 13.2 Å². The smallest absolute Gasteiger partial charge is 0.314 e. The second-order valence-electron chi connectivity index (χ2n) is 5.73. The van der Waals surface area contributed by atoms with Gasteiger partial charge in [0.25, 0.3) is 0 Å². The van der Waals surface area contributed by atoms with Crippen LogP contribution >= 0.6 is 0 Å². The Morgan fingerprint density at radius 1 is 1.23 bits per heavy atom. The van der Waals surface area contributed by atoms with Crippen molar-refractivity contribution in [3.63, 3.8) is 0 Å². The summed E-state index contributed by atoms with van der Waals surface area (Å²) in [5.41, 5.74) is 0.450. The first-order chi connectivity index (χ1) is 10.4. The number of carbonyl (C=O) groups excluding carboxylic acids is 2. The van der Waals surface area contributed by atoms with Gasteiger partial charge in [-0.15, -0.1) is 0 Å². The lowest BCUT2D eigenvalue weighted by Crippen LogP contribution is -2.26. The quantitative estimate of drug-likeness (QED) is 0.454. The van der Waals surface area contributed by atoms with Crippen LogP contribution in [-0.2, 0) is 4.79 Å². The van der Waals surface area contributed by atoms with Gasteiger partial charge in [-0.05, 0) is 43.9 Å². The molecule has 0 aliphatic rings. The number of hydrogen-bond acceptors (Lipinski definition) is 5. The summed E-state index contributed by atoms with van der Waals surface area (Å²) in [7, 11) is 1.45. The summed E-state index contributed by atoms with van der Waals surface area (Å²) in [5.74, 6) is 0.0844. The standard InChI is InChI=1S/C17H24O5/c1-11(2)14(7-5-12(3)19)17(20)22-15-8-6-13(10-18)9-16(15)21-4/h6,8-12,14,19H,5,7H2,1-4H3. The van der Waals surface area contributed by atoms with Gasteiger partial charge < -0.3 is 14.6 Å². The summed E-state index contributed by atoms with van der Waals surface area (Å²) in [6.45, 7) is 5.59. The summed E-state index contributed by atoms with van der Waals surface area (Å²) in [5, 5.41) is 9.39. The normalized spacial score (nSPS) is 13.5. The zero-order valence-corrected chi connectivity index (χ0v) is 13.5. The maximum absolute atomic E-state index is 12.4. The fourth-order valence-electron chi connectivity index (χ4n) is 2.17. The van der Waals surface area contributed by atoms with Gasteiger partial charge in [0.2, 0.25) is 0 Å². The zero-order valence-electron chi connectivity index (χ0n) is 13.5. The number of ether oxygens (including phenoxy) is 2. The number of hydrogen-bond donors (Lipinski definition) is 1. The number of benzene rings is 1. The fourth-order valence-corrected chi connectivity index (χ4v) is 2.17. The highest BCUT2D eigenvalue weighted by molar-refractivity contribution is 5.79. The second-order valence-corrected chi connectivity index (χ2v) is 5.73. The number of rotatable bonds is 8. The van der Waals surface area contributed by atoms with E-state index in [2.05, 4.69) is 0 Å². The molecule has 0 aliphatic heterocycles. The van der Waals surface area contributed by atoms with E-state index >= 15 is 0 Å². The molecule has 2 atom stereocenters. The van der Waals surface area contributed by atoms with Gasteiger partial charge in [0, 0.05) is 5.56 Å². The van der Waals surface area contributed by atoms with Crippen molar-refractivity contribution in [1.29, 1.82) is 0 Å². The fraction of sp³-hybridized carbons (Fsp3) is 0.529. The molecule has 0 aliphatic carbocycles. The van der Waals surface area contributed by atoms with Crippen LogP contribution in [0.5, 0.6) is 11.5 Å². The molecule has 0 amide bonds. The molecule has 1 rings (SSSR count). The van der Waals surface area contributed by atoms with Crippen LogP contribution in [0.25, 0.3) is 0 Å². The van der Waals surface area contributed by atoms with E-state index in [0.29, 0.717) is 36.2 Å². The average molecular weight is 308 g/mol. The molecule has 0 saturated carbocycles. The monoisotopic (exact) mass is 308 g/mol. The van der Waals surface area contributed by atoms with E-state index in [0.717, 1.165) is 0 Å². The molecule has 0 saturated heterocycles. The van der Waals surface area contributed by atoms with Crippen molar-refractivity contribution < 1.29 is 24.2 Å². The van der Waals surface area contributed by atoms with Crippen molar-refractivity contribution in [1.82, 2.24) is 0 Å². The van der Waals surface area contributed by atoms with E-state index in [4.69, 9.17) is 9.47 Å². The lowest BCUT2D eigenvalue weighted by atomic mass is 9.90. The molecule has 5 nitrogen and oxygen atoms in total. The minimum Gasteiger partial charge on any atom is -0.493 e. The number of carbonyl (C=O) groups is 2. The van der Waals surface area contributed by atoms with Crippen LogP contribution in [0.4, 0.5) is 0 Å². The summed E-state index contributed by atoms with van der Waals surface area (Å²) in [6.07, 6.45) is 1.35. The van der Waals surface area contributed by atoms with Crippen molar-refractivity contribution in [3.05, 3.63) is 23.8 Å². The van der Waals surface area contributed by atoms with Gasteiger partial charge >= 0.3 is 5.97 Å². The Hall–Kier alpha value is -1.88. The lowest BCUT2D eigenvalue weighted by molar-refractivity contribution is -0.141. The minimum absolute atomic E-state index is 0.103. The predicted octanol–water partition coefficient (Wildman–Crippen LogP) is 2.85. The van der Waals surface area contributed by atoms with Crippen molar-refractivity contribution >= 4 is 12.3 Å². The molecule has 0 fully saturated rings. The van der Waals surface area contributed by atoms with Crippen LogP contribution in [0.3, 0.4) is 0 Å². The molecule has 122 valence electrons. The maximum atomic E-state index is 12.4. The summed E-state index contributed by atoms with van der Waals surface area (Å²) < 4.78 is 10.6. The highest BCUT2D eigenvalue weighted by atomic mass is 16.6. The third-order valence-corrected chi connectivity index (χ3v) is 3.54. The number of aliphatic hydroxyl groups is 1. The predicted molar refractivity (Wildman–Crippen MR) is 83.3 cm³/mol. The van der Waals surface area contributed by atoms with Gasteiger partial charge in [-0.2, -0.15) is 0 Å². The zero-order chi connectivity index (χ0) is 16.7. The Morgan fingerprint density at radius 2 is 1.91 bits per heavy atom. The molecule has 0 heterocycles. The van der Waals surface area contributed by atoms with Gasteiger partial charge in [0.05, 0.1) is 19.1 Å². The van der Waals surface area contributed by atoms with Gasteiger partial charge in [-0.1, -0.05) is 13.8 Å².